The van der Waals surface area contributed by atoms with Crippen LogP contribution in [-0.2, 0) is 0 Å². The Bertz CT molecular complexity index is 1590. The molecular formula is C32H24N6O4. The molecule has 0 saturated carbocycles. The van der Waals surface area contributed by atoms with Gasteiger partial charge in [0.2, 0.25) is 0 Å². The van der Waals surface area contributed by atoms with Crippen LogP contribution in [0.25, 0.3) is 48.6 Å². The van der Waals surface area contributed by atoms with Crippen molar-refractivity contribution in [1.82, 2.24) is 29.9 Å². The molecule has 0 atom stereocenters. The molecule has 5 aromatic heterocycles. The second-order valence-corrected chi connectivity index (χ2v) is 8.73. The van der Waals surface area contributed by atoms with Gasteiger partial charge in [0.1, 0.15) is 45.8 Å². The van der Waals surface area contributed by atoms with Crippen molar-refractivity contribution in [3.63, 3.8) is 0 Å². The summed E-state index contributed by atoms with van der Waals surface area (Å²) < 4.78 is 0. The third-order valence-electron chi connectivity index (χ3n) is 5.87. The van der Waals surface area contributed by atoms with Gasteiger partial charge in [0.05, 0.1) is 22.8 Å². The van der Waals surface area contributed by atoms with E-state index in [1.54, 1.807) is 97.7 Å². The number of hydrogen-bond acceptors (Lipinski definition) is 10. The summed E-state index contributed by atoms with van der Waals surface area (Å²) in [6.45, 7) is 0. The third kappa shape index (κ3) is 6.69. The maximum atomic E-state index is 10.2. The van der Waals surface area contributed by atoms with Crippen molar-refractivity contribution < 1.29 is 20.4 Å². The number of aromatic nitrogens is 6. The topological polar surface area (TPSA) is 158 Å². The molecule has 5 rings (SSSR count). The van der Waals surface area contributed by atoms with Gasteiger partial charge in [0, 0.05) is 24.8 Å². The van der Waals surface area contributed by atoms with Crippen LogP contribution >= 0.6 is 0 Å². The van der Waals surface area contributed by atoms with E-state index in [-0.39, 0.29) is 23.0 Å². The monoisotopic (exact) mass is 556 g/mol. The normalized spacial score (nSPS) is 11.8. The minimum Gasteiger partial charge on any atom is -0.506 e. The van der Waals surface area contributed by atoms with Crippen LogP contribution in [0.1, 0.15) is 45.6 Å². The first-order valence-corrected chi connectivity index (χ1v) is 12.7. The molecule has 5 aromatic rings. The number of pyridine rings is 4. The Balaban J connectivity index is 1.66. The zero-order valence-electron chi connectivity index (χ0n) is 22.0. The van der Waals surface area contributed by atoms with Crippen LogP contribution in [0.5, 0.6) is 23.0 Å². The molecule has 5 heterocycles. The van der Waals surface area contributed by atoms with Crippen molar-refractivity contribution in [2.45, 2.75) is 0 Å². The molecule has 0 aliphatic heterocycles. The summed E-state index contributed by atoms with van der Waals surface area (Å²) >= 11 is 0. The first kappa shape index (κ1) is 27.4. The van der Waals surface area contributed by atoms with E-state index in [4.69, 9.17) is 9.97 Å². The molecule has 0 aliphatic carbocycles. The Morgan fingerprint density at radius 1 is 0.333 bits per heavy atom. The van der Waals surface area contributed by atoms with E-state index in [2.05, 4.69) is 19.9 Å². The predicted octanol–water partition coefficient (Wildman–Crippen LogP) is 5.56. The van der Waals surface area contributed by atoms with Gasteiger partial charge < -0.3 is 20.4 Å². The lowest BCUT2D eigenvalue weighted by Crippen LogP contribution is -2.00. The zero-order chi connectivity index (χ0) is 29.3. The highest BCUT2D eigenvalue weighted by molar-refractivity contribution is 5.81. The molecule has 0 amide bonds. The molecule has 0 aliphatic rings. The highest BCUT2D eigenvalue weighted by Gasteiger charge is 2.10. The fraction of sp³-hybridized carbons (Fsp3) is 0. The molecule has 10 nitrogen and oxygen atoms in total. The average Bonchev–Trinajstić information content (AvgIpc) is 3.00. The van der Waals surface area contributed by atoms with Crippen molar-refractivity contribution >= 4 is 48.6 Å². The lowest BCUT2D eigenvalue weighted by atomic mass is 10.1. The molecule has 4 N–H and O–H groups in total. The molecule has 0 unspecified atom stereocenters. The SMILES string of the molecule is Oc1cccnc1C=Cc1nc(C=Cc2ncccc2O)c(C=Cc2ncccc2O)nc1C=Cc1ncccc1O. The highest BCUT2D eigenvalue weighted by Crippen LogP contribution is 2.24. The van der Waals surface area contributed by atoms with E-state index in [0.717, 1.165) is 0 Å². The van der Waals surface area contributed by atoms with Gasteiger partial charge in [0.15, 0.2) is 0 Å². The molecule has 0 radical (unpaired) electrons. The third-order valence-corrected chi connectivity index (χ3v) is 5.87. The summed E-state index contributed by atoms with van der Waals surface area (Å²) in [5, 5.41) is 40.8. The van der Waals surface area contributed by atoms with Gasteiger partial charge in [-0.15, -0.1) is 0 Å². The fourth-order valence-electron chi connectivity index (χ4n) is 3.76. The quantitative estimate of drug-likeness (QED) is 0.191. The van der Waals surface area contributed by atoms with E-state index in [0.29, 0.717) is 45.6 Å². The zero-order valence-corrected chi connectivity index (χ0v) is 22.0. The summed E-state index contributed by atoms with van der Waals surface area (Å²) in [6.07, 6.45) is 19.3. The van der Waals surface area contributed by atoms with Crippen LogP contribution in [0.2, 0.25) is 0 Å². The minimum atomic E-state index is -0.00215. The van der Waals surface area contributed by atoms with Gasteiger partial charge in [-0.05, 0) is 97.1 Å². The van der Waals surface area contributed by atoms with E-state index in [1.807, 2.05) is 0 Å². The summed E-state index contributed by atoms with van der Waals surface area (Å²) in [4.78, 5) is 26.4. The second-order valence-electron chi connectivity index (χ2n) is 8.73. The lowest BCUT2D eigenvalue weighted by molar-refractivity contribution is 0.470. The second kappa shape index (κ2) is 12.8. The van der Waals surface area contributed by atoms with Crippen molar-refractivity contribution in [2.75, 3.05) is 0 Å². The van der Waals surface area contributed by atoms with Crippen LogP contribution < -0.4 is 0 Å². The number of rotatable bonds is 8. The largest absolute Gasteiger partial charge is 0.506 e. The van der Waals surface area contributed by atoms with Crippen LogP contribution in [-0.4, -0.2) is 50.3 Å². The molecule has 206 valence electrons. The van der Waals surface area contributed by atoms with Gasteiger partial charge in [-0.3, -0.25) is 19.9 Å². The summed E-state index contributed by atoms with van der Waals surface area (Å²) in [5.41, 5.74) is 2.99. The van der Waals surface area contributed by atoms with E-state index in [9.17, 15) is 20.4 Å². The fourth-order valence-corrected chi connectivity index (χ4v) is 3.76. The van der Waals surface area contributed by atoms with Gasteiger partial charge in [0.25, 0.3) is 0 Å². The summed E-state index contributed by atoms with van der Waals surface area (Å²) in [6, 6.07) is 12.6. The number of hydrogen-bond donors (Lipinski definition) is 4. The minimum absolute atomic E-state index is 0.00215. The van der Waals surface area contributed by atoms with Crippen molar-refractivity contribution in [2.24, 2.45) is 0 Å². The van der Waals surface area contributed by atoms with Crippen molar-refractivity contribution in [3.8, 4) is 23.0 Å². The molecule has 10 heteroatoms. The highest BCUT2D eigenvalue weighted by atomic mass is 16.3. The van der Waals surface area contributed by atoms with Crippen LogP contribution in [0.3, 0.4) is 0 Å². The predicted molar refractivity (Wildman–Crippen MR) is 161 cm³/mol. The van der Waals surface area contributed by atoms with Crippen LogP contribution in [0, 0.1) is 0 Å². The maximum absolute atomic E-state index is 10.2. The first-order chi connectivity index (χ1) is 20.5. The Morgan fingerprint density at radius 2 is 0.548 bits per heavy atom. The van der Waals surface area contributed by atoms with E-state index in [1.165, 1.54) is 24.3 Å². The molecule has 42 heavy (non-hydrogen) atoms. The lowest BCUT2D eigenvalue weighted by Gasteiger charge is -2.08. The molecule has 0 fully saturated rings. The van der Waals surface area contributed by atoms with Gasteiger partial charge >= 0.3 is 0 Å². The van der Waals surface area contributed by atoms with E-state index >= 15 is 0 Å². The van der Waals surface area contributed by atoms with Crippen molar-refractivity contribution in [3.05, 3.63) is 119 Å². The van der Waals surface area contributed by atoms with Crippen molar-refractivity contribution in [1.29, 1.82) is 0 Å². The smallest absolute Gasteiger partial charge is 0.141 e. The Morgan fingerprint density at radius 3 is 0.762 bits per heavy atom. The Kier molecular flexibility index (Phi) is 8.35. The molecule has 0 bridgehead atoms. The first-order valence-electron chi connectivity index (χ1n) is 12.7. The molecular weight excluding hydrogens is 532 g/mol. The molecule has 0 aromatic carbocycles. The van der Waals surface area contributed by atoms with Gasteiger partial charge in [-0.2, -0.15) is 0 Å². The van der Waals surface area contributed by atoms with Crippen LogP contribution in [0.15, 0.2) is 73.3 Å². The Labute approximate surface area is 240 Å². The van der Waals surface area contributed by atoms with Gasteiger partial charge in [-0.1, -0.05) is 0 Å². The average molecular weight is 557 g/mol. The van der Waals surface area contributed by atoms with E-state index < -0.39 is 0 Å². The summed E-state index contributed by atoms with van der Waals surface area (Å²) in [7, 11) is 0. The standard InChI is InChI=1S/C32H24N6O4/c39-29-5-1-17-33-25(29)13-9-21-22(10-14-26-30(40)6-2-18-34-26)38-24(12-16-28-32(42)8-4-20-36-28)23(37-21)11-15-27-31(41)7-3-19-35-27/h1-20,39-42H. The summed E-state index contributed by atoms with van der Waals surface area (Å²) in [5.74, 6) is -0.00860. The number of aromatic hydroxyl groups is 4. The van der Waals surface area contributed by atoms with Gasteiger partial charge in [-0.25, -0.2) is 9.97 Å². The van der Waals surface area contributed by atoms with Crippen LogP contribution in [0.4, 0.5) is 0 Å². The molecule has 0 spiro atoms. The Hall–Kier alpha value is -6.16. The number of nitrogens with zero attached hydrogens (tertiary/aromatic N) is 6. The maximum Gasteiger partial charge on any atom is 0.141 e. The molecule has 0 saturated heterocycles.